The summed E-state index contributed by atoms with van der Waals surface area (Å²) in [5.41, 5.74) is 2.46. The number of aromatic nitrogens is 4. The van der Waals surface area contributed by atoms with Crippen LogP contribution in [-0.4, -0.2) is 26.8 Å². The molecule has 5 heteroatoms. The summed E-state index contributed by atoms with van der Waals surface area (Å²) < 4.78 is 2.01. The van der Waals surface area contributed by atoms with E-state index in [2.05, 4.69) is 47.2 Å². The van der Waals surface area contributed by atoms with Crippen LogP contribution in [0.15, 0.2) is 24.8 Å². The molecule has 0 aliphatic heterocycles. The van der Waals surface area contributed by atoms with Gasteiger partial charge in [0.1, 0.15) is 12.2 Å². The highest BCUT2D eigenvalue weighted by atomic mass is 15.3. The Balaban J connectivity index is 2.19. The van der Waals surface area contributed by atoms with Gasteiger partial charge in [0.05, 0.1) is 0 Å². The molecule has 2 heterocycles. The summed E-state index contributed by atoms with van der Waals surface area (Å²) in [6.45, 7) is 7.37. The lowest BCUT2D eigenvalue weighted by atomic mass is 10.0. The average molecular weight is 273 g/mol. The molecule has 1 unspecified atom stereocenters. The maximum absolute atomic E-state index is 4.41. The summed E-state index contributed by atoms with van der Waals surface area (Å²) in [6.07, 6.45) is 6.21. The minimum absolute atomic E-state index is 0.230. The zero-order chi connectivity index (χ0) is 14.5. The Kier molecular flexibility index (Phi) is 4.84. The summed E-state index contributed by atoms with van der Waals surface area (Å²) in [5.74, 6) is 1.58. The van der Waals surface area contributed by atoms with Crippen molar-refractivity contribution < 1.29 is 0 Å². The van der Waals surface area contributed by atoms with Crippen molar-refractivity contribution in [2.75, 3.05) is 7.05 Å². The zero-order valence-electron chi connectivity index (χ0n) is 12.7. The molecular weight excluding hydrogens is 250 g/mol. The summed E-state index contributed by atoms with van der Waals surface area (Å²) >= 11 is 0. The lowest BCUT2D eigenvalue weighted by molar-refractivity contribution is 0.451. The van der Waals surface area contributed by atoms with Gasteiger partial charge >= 0.3 is 0 Å². The molecule has 0 radical (unpaired) electrons. The van der Waals surface area contributed by atoms with Crippen LogP contribution >= 0.6 is 0 Å². The SMILES string of the molecule is CNC(Cc1ncnn1CC(C)C)c1ccncc1C. The Labute approximate surface area is 120 Å². The fourth-order valence-corrected chi connectivity index (χ4v) is 2.37. The number of hydrogen-bond acceptors (Lipinski definition) is 4. The molecule has 2 rings (SSSR count). The molecule has 5 nitrogen and oxygen atoms in total. The molecule has 0 aliphatic carbocycles. The summed E-state index contributed by atoms with van der Waals surface area (Å²) in [4.78, 5) is 8.56. The highest BCUT2D eigenvalue weighted by molar-refractivity contribution is 5.26. The molecule has 0 fully saturated rings. The van der Waals surface area contributed by atoms with Crippen LogP contribution in [0.3, 0.4) is 0 Å². The molecule has 2 aromatic rings. The lowest BCUT2D eigenvalue weighted by Gasteiger charge is -2.19. The number of likely N-dealkylation sites (N-methyl/N-ethyl adjacent to an activating group) is 1. The quantitative estimate of drug-likeness (QED) is 0.876. The van der Waals surface area contributed by atoms with Gasteiger partial charge in [0.2, 0.25) is 0 Å². The van der Waals surface area contributed by atoms with Gasteiger partial charge in [0.25, 0.3) is 0 Å². The predicted octanol–water partition coefficient (Wildman–Crippen LogP) is 2.14. The van der Waals surface area contributed by atoms with E-state index in [0.717, 1.165) is 18.8 Å². The first-order valence-electron chi connectivity index (χ1n) is 7.06. The van der Waals surface area contributed by atoms with Crippen molar-refractivity contribution in [3.05, 3.63) is 41.7 Å². The second-order valence-corrected chi connectivity index (χ2v) is 5.53. The fraction of sp³-hybridized carbons (Fsp3) is 0.533. The molecule has 2 aromatic heterocycles. The third kappa shape index (κ3) is 3.42. The molecule has 20 heavy (non-hydrogen) atoms. The minimum Gasteiger partial charge on any atom is -0.313 e. The molecule has 1 N–H and O–H groups in total. The Bertz CT molecular complexity index is 547. The molecule has 0 aliphatic rings. The van der Waals surface area contributed by atoms with Crippen molar-refractivity contribution >= 4 is 0 Å². The second-order valence-electron chi connectivity index (χ2n) is 5.53. The van der Waals surface area contributed by atoms with Crippen LogP contribution in [0.25, 0.3) is 0 Å². The Morgan fingerprint density at radius 2 is 2.15 bits per heavy atom. The largest absolute Gasteiger partial charge is 0.313 e. The zero-order valence-corrected chi connectivity index (χ0v) is 12.7. The van der Waals surface area contributed by atoms with E-state index >= 15 is 0 Å². The van der Waals surface area contributed by atoms with E-state index < -0.39 is 0 Å². The van der Waals surface area contributed by atoms with E-state index in [4.69, 9.17) is 0 Å². The first kappa shape index (κ1) is 14.7. The molecule has 0 saturated heterocycles. The van der Waals surface area contributed by atoms with Gasteiger partial charge in [0.15, 0.2) is 0 Å². The molecule has 108 valence electrons. The van der Waals surface area contributed by atoms with Gasteiger partial charge in [-0.05, 0) is 37.1 Å². The standard InChI is InChI=1S/C15H23N5/c1-11(2)9-20-15(18-10-19-20)7-14(16-4)13-5-6-17-8-12(13)3/h5-6,8,10-11,14,16H,7,9H2,1-4H3. The van der Waals surface area contributed by atoms with E-state index in [9.17, 15) is 0 Å². The Morgan fingerprint density at radius 1 is 1.35 bits per heavy atom. The average Bonchev–Trinajstić information content (AvgIpc) is 2.83. The number of nitrogens with zero attached hydrogens (tertiary/aromatic N) is 4. The minimum atomic E-state index is 0.230. The molecule has 0 amide bonds. The van der Waals surface area contributed by atoms with E-state index in [1.165, 1.54) is 11.1 Å². The van der Waals surface area contributed by atoms with E-state index in [-0.39, 0.29) is 6.04 Å². The normalized spacial score (nSPS) is 12.8. The molecule has 1 atom stereocenters. The monoisotopic (exact) mass is 273 g/mol. The lowest BCUT2D eigenvalue weighted by Crippen LogP contribution is -2.22. The van der Waals surface area contributed by atoms with Crippen LogP contribution < -0.4 is 5.32 Å². The number of pyridine rings is 1. The number of aryl methyl sites for hydroxylation is 1. The van der Waals surface area contributed by atoms with Crippen LogP contribution in [0, 0.1) is 12.8 Å². The smallest absolute Gasteiger partial charge is 0.138 e. The maximum Gasteiger partial charge on any atom is 0.138 e. The Morgan fingerprint density at radius 3 is 2.80 bits per heavy atom. The first-order valence-corrected chi connectivity index (χ1v) is 7.06. The van der Waals surface area contributed by atoms with Crippen LogP contribution in [-0.2, 0) is 13.0 Å². The van der Waals surface area contributed by atoms with Crippen molar-refractivity contribution in [2.24, 2.45) is 5.92 Å². The summed E-state index contributed by atoms with van der Waals surface area (Å²) in [5, 5.41) is 7.69. The van der Waals surface area contributed by atoms with Crippen LogP contribution in [0.4, 0.5) is 0 Å². The fourth-order valence-electron chi connectivity index (χ4n) is 2.37. The van der Waals surface area contributed by atoms with Gasteiger partial charge in [-0.1, -0.05) is 13.8 Å². The Hall–Kier alpha value is -1.75. The van der Waals surface area contributed by atoms with Gasteiger partial charge in [0, 0.05) is 31.4 Å². The van der Waals surface area contributed by atoms with Crippen molar-refractivity contribution in [2.45, 2.75) is 39.8 Å². The molecule has 0 saturated carbocycles. The van der Waals surface area contributed by atoms with E-state index in [1.807, 2.05) is 24.1 Å². The van der Waals surface area contributed by atoms with Crippen molar-refractivity contribution in [1.29, 1.82) is 0 Å². The summed E-state index contributed by atoms with van der Waals surface area (Å²) in [7, 11) is 1.98. The third-order valence-corrected chi connectivity index (χ3v) is 3.41. The van der Waals surface area contributed by atoms with Crippen molar-refractivity contribution in [3.63, 3.8) is 0 Å². The van der Waals surface area contributed by atoms with Crippen LogP contribution in [0.2, 0.25) is 0 Å². The summed E-state index contributed by atoms with van der Waals surface area (Å²) in [6, 6.07) is 2.30. The first-order chi connectivity index (χ1) is 9.61. The van der Waals surface area contributed by atoms with E-state index in [0.29, 0.717) is 5.92 Å². The molecule has 0 spiro atoms. The van der Waals surface area contributed by atoms with Gasteiger partial charge in [-0.15, -0.1) is 0 Å². The number of nitrogens with one attached hydrogen (secondary N) is 1. The maximum atomic E-state index is 4.41. The molecule has 0 bridgehead atoms. The van der Waals surface area contributed by atoms with Crippen LogP contribution in [0.1, 0.15) is 36.8 Å². The topological polar surface area (TPSA) is 55.6 Å². The van der Waals surface area contributed by atoms with Gasteiger partial charge in [-0.2, -0.15) is 5.10 Å². The van der Waals surface area contributed by atoms with Crippen LogP contribution in [0.5, 0.6) is 0 Å². The second kappa shape index (κ2) is 6.61. The highest BCUT2D eigenvalue weighted by Gasteiger charge is 2.16. The predicted molar refractivity (Wildman–Crippen MR) is 79.3 cm³/mol. The van der Waals surface area contributed by atoms with E-state index in [1.54, 1.807) is 6.33 Å². The molecular formula is C15H23N5. The molecule has 0 aromatic carbocycles. The van der Waals surface area contributed by atoms with Gasteiger partial charge in [-0.25, -0.2) is 9.67 Å². The van der Waals surface area contributed by atoms with Gasteiger partial charge < -0.3 is 5.32 Å². The van der Waals surface area contributed by atoms with Crippen molar-refractivity contribution in [1.82, 2.24) is 25.1 Å². The highest BCUT2D eigenvalue weighted by Crippen LogP contribution is 2.20. The van der Waals surface area contributed by atoms with Gasteiger partial charge in [-0.3, -0.25) is 4.98 Å². The number of rotatable bonds is 6. The number of hydrogen-bond donors (Lipinski definition) is 1. The van der Waals surface area contributed by atoms with Crippen molar-refractivity contribution in [3.8, 4) is 0 Å². The third-order valence-electron chi connectivity index (χ3n) is 3.41.